The van der Waals surface area contributed by atoms with Crippen LogP contribution in [0.4, 0.5) is 11.4 Å². The molecule has 0 aromatic heterocycles. The Hall–Kier alpha value is -2.54. The molecule has 3 rings (SSSR count). The van der Waals surface area contributed by atoms with Crippen LogP contribution in [0.3, 0.4) is 0 Å². The van der Waals surface area contributed by atoms with Gasteiger partial charge in [0.2, 0.25) is 0 Å². The molecular formula is C19H22N2O4S. The molecule has 2 aromatic rings. The predicted molar refractivity (Wildman–Crippen MR) is 101 cm³/mol. The van der Waals surface area contributed by atoms with E-state index < -0.39 is 10.0 Å². The molecule has 0 atom stereocenters. The van der Waals surface area contributed by atoms with Crippen LogP contribution in [0.15, 0.2) is 47.4 Å². The molecule has 2 N–H and O–H groups in total. The van der Waals surface area contributed by atoms with Gasteiger partial charge in [-0.3, -0.25) is 9.52 Å². The number of fused-ring (bicyclic) bond motifs is 1. The number of hydrogen-bond acceptors (Lipinski definition) is 4. The molecule has 0 bridgehead atoms. The second kappa shape index (κ2) is 7.37. The van der Waals surface area contributed by atoms with E-state index in [4.69, 9.17) is 4.74 Å². The first kappa shape index (κ1) is 18.3. The summed E-state index contributed by atoms with van der Waals surface area (Å²) in [5, 5.41) is 2.66. The number of aryl methyl sites for hydroxylation is 1. The maximum absolute atomic E-state index is 12.6. The van der Waals surface area contributed by atoms with Gasteiger partial charge in [0.1, 0.15) is 5.75 Å². The molecule has 2 aromatic carbocycles. The zero-order valence-electron chi connectivity index (χ0n) is 14.8. The van der Waals surface area contributed by atoms with Gasteiger partial charge in [-0.25, -0.2) is 8.42 Å². The van der Waals surface area contributed by atoms with Crippen molar-refractivity contribution in [3.63, 3.8) is 0 Å². The van der Waals surface area contributed by atoms with Crippen molar-refractivity contribution in [2.45, 2.75) is 31.6 Å². The number of rotatable bonds is 6. The zero-order valence-corrected chi connectivity index (χ0v) is 15.6. The average Bonchev–Trinajstić information content (AvgIpc) is 2.59. The van der Waals surface area contributed by atoms with Crippen molar-refractivity contribution in [1.29, 1.82) is 0 Å². The normalized spacial score (nSPS) is 13.7. The van der Waals surface area contributed by atoms with Crippen LogP contribution < -0.4 is 14.8 Å². The van der Waals surface area contributed by atoms with Crippen LogP contribution in [0.5, 0.6) is 5.75 Å². The van der Waals surface area contributed by atoms with E-state index in [0.29, 0.717) is 23.0 Å². The Bertz CT molecular complexity index is 906. The van der Waals surface area contributed by atoms with Crippen LogP contribution in [0.25, 0.3) is 0 Å². The third-order valence-corrected chi connectivity index (χ3v) is 5.51. The minimum absolute atomic E-state index is 0.0404. The lowest BCUT2D eigenvalue weighted by atomic mass is 10.0. The number of amides is 1. The lowest BCUT2D eigenvalue weighted by molar-refractivity contribution is -0.118. The zero-order chi connectivity index (χ0) is 18.7. The van der Waals surface area contributed by atoms with Gasteiger partial charge in [0.25, 0.3) is 15.9 Å². The molecule has 1 heterocycles. The van der Waals surface area contributed by atoms with Crippen molar-refractivity contribution in [3.05, 3.63) is 48.0 Å². The number of anilines is 2. The smallest absolute Gasteiger partial charge is 0.262 e. The van der Waals surface area contributed by atoms with Gasteiger partial charge in [-0.15, -0.1) is 0 Å². The highest BCUT2D eigenvalue weighted by molar-refractivity contribution is 7.92. The second-order valence-electron chi connectivity index (χ2n) is 6.73. The molecule has 0 spiro atoms. The molecule has 0 unspecified atom stereocenters. The molecule has 6 nitrogen and oxygen atoms in total. The summed E-state index contributed by atoms with van der Waals surface area (Å²) in [5.74, 6) is 0.852. The minimum Gasteiger partial charge on any atom is -0.482 e. The molecular weight excluding hydrogens is 352 g/mol. The van der Waals surface area contributed by atoms with Crippen molar-refractivity contribution in [1.82, 2.24) is 0 Å². The highest BCUT2D eigenvalue weighted by Crippen LogP contribution is 2.31. The summed E-state index contributed by atoms with van der Waals surface area (Å²) in [7, 11) is -3.70. The molecule has 1 amide bonds. The summed E-state index contributed by atoms with van der Waals surface area (Å²) < 4.78 is 33.0. The number of carbonyl (C=O) groups excluding carboxylic acids is 1. The van der Waals surface area contributed by atoms with Crippen molar-refractivity contribution < 1.29 is 17.9 Å². The monoisotopic (exact) mass is 374 g/mol. The Morgan fingerprint density at radius 1 is 1.15 bits per heavy atom. The first-order valence-electron chi connectivity index (χ1n) is 8.52. The van der Waals surface area contributed by atoms with Crippen LogP contribution >= 0.6 is 0 Å². The number of hydrogen-bond donors (Lipinski definition) is 2. The van der Waals surface area contributed by atoms with E-state index >= 15 is 0 Å². The molecule has 0 aliphatic carbocycles. The predicted octanol–water partition coefficient (Wildman–Crippen LogP) is 3.41. The highest BCUT2D eigenvalue weighted by atomic mass is 32.2. The Balaban J connectivity index is 1.74. The third kappa shape index (κ3) is 4.35. The lowest BCUT2D eigenvalue weighted by Gasteiger charge is -2.19. The number of sulfonamides is 1. The van der Waals surface area contributed by atoms with E-state index in [1.54, 1.807) is 30.3 Å². The average molecular weight is 374 g/mol. The van der Waals surface area contributed by atoms with Gasteiger partial charge in [-0.05, 0) is 54.7 Å². The maximum atomic E-state index is 12.6. The lowest BCUT2D eigenvalue weighted by Crippen LogP contribution is -2.25. The fourth-order valence-electron chi connectivity index (χ4n) is 2.65. The second-order valence-corrected chi connectivity index (χ2v) is 8.41. The summed E-state index contributed by atoms with van der Waals surface area (Å²) in [4.78, 5) is 11.6. The molecule has 0 saturated heterocycles. The molecule has 138 valence electrons. The van der Waals surface area contributed by atoms with Crippen molar-refractivity contribution in [2.24, 2.45) is 5.92 Å². The maximum Gasteiger partial charge on any atom is 0.262 e. The van der Waals surface area contributed by atoms with Crippen molar-refractivity contribution in [3.8, 4) is 5.75 Å². The first-order chi connectivity index (χ1) is 12.3. The van der Waals surface area contributed by atoms with E-state index in [1.807, 2.05) is 12.1 Å². The molecule has 7 heteroatoms. The molecule has 1 aliphatic rings. The van der Waals surface area contributed by atoms with E-state index in [1.165, 1.54) is 0 Å². The number of nitrogens with one attached hydrogen (secondary N) is 2. The Morgan fingerprint density at radius 3 is 2.58 bits per heavy atom. The fourth-order valence-corrected chi connectivity index (χ4v) is 3.70. The molecule has 0 radical (unpaired) electrons. The largest absolute Gasteiger partial charge is 0.482 e. The van der Waals surface area contributed by atoms with Gasteiger partial charge in [0.15, 0.2) is 6.61 Å². The standard InChI is InChI=1S/C19H22N2O4S/c1-13(2)3-4-14-5-8-16(9-6-14)26(23,24)21-15-7-10-18-17(11-15)20-19(22)12-25-18/h5-11,13,21H,3-4,12H2,1-2H3,(H,20,22). The van der Waals surface area contributed by atoms with Crippen molar-refractivity contribution >= 4 is 27.3 Å². The topological polar surface area (TPSA) is 84.5 Å². The van der Waals surface area contributed by atoms with E-state index in [9.17, 15) is 13.2 Å². The Labute approximate surface area is 153 Å². The summed E-state index contributed by atoms with van der Waals surface area (Å²) in [6.45, 7) is 4.28. The SMILES string of the molecule is CC(C)CCc1ccc(S(=O)(=O)Nc2ccc3c(c2)NC(=O)CO3)cc1. The van der Waals surface area contributed by atoms with Gasteiger partial charge in [-0.2, -0.15) is 0 Å². The van der Waals surface area contributed by atoms with Gasteiger partial charge < -0.3 is 10.1 Å². The van der Waals surface area contributed by atoms with Crippen LogP contribution in [-0.2, 0) is 21.2 Å². The molecule has 1 aliphatic heterocycles. The fraction of sp³-hybridized carbons (Fsp3) is 0.316. The van der Waals surface area contributed by atoms with Crippen LogP contribution in [0.1, 0.15) is 25.8 Å². The first-order valence-corrected chi connectivity index (χ1v) is 10.0. The summed E-state index contributed by atoms with van der Waals surface area (Å²) in [5.41, 5.74) is 1.93. The van der Waals surface area contributed by atoms with Crippen LogP contribution in [-0.4, -0.2) is 20.9 Å². The van der Waals surface area contributed by atoms with Crippen molar-refractivity contribution in [2.75, 3.05) is 16.6 Å². The van der Waals surface area contributed by atoms with Gasteiger partial charge in [-0.1, -0.05) is 26.0 Å². The van der Waals surface area contributed by atoms with E-state index in [2.05, 4.69) is 23.9 Å². The molecule has 0 saturated carbocycles. The minimum atomic E-state index is -3.70. The van der Waals surface area contributed by atoms with Gasteiger partial charge in [0.05, 0.1) is 16.3 Å². The van der Waals surface area contributed by atoms with Crippen LogP contribution in [0, 0.1) is 5.92 Å². The Kier molecular flexibility index (Phi) is 5.18. The molecule has 26 heavy (non-hydrogen) atoms. The third-order valence-electron chi connectivity index (χ3n) is 4.11. The summed E-state index contributed by atoms with van der Waals surface area (Å²) in [6.07, 6.45) is 1.99. The van der Waals surface area contributed by atoms with E-state index in [-0.39, 0.29) is 17.4 Å². The highest BCUT2D eigenvalue weighted by Gasteiger charge is 2.19. The quantitative estimate of drug-likeness (QED) is 0.811. The van der Waals surface area contributed by atoms with Gasteiger partial charge >= 0.3 is 0 Å². The van der Waals surface area contributed by atoms with E-state index in [0.717, 1.165) is 18.4 Å². The summed E-state index contributed by atoms with van der Waals surface area (Å²) >= 11 is 0. The number of benzene rings is 2. The van der Waals surface area contributed by atoms with Gasteiger partial charge in [0, 0.05) is 0 Å². The number of ether oxygens (including phenoxy) is 1. The van der Waals surface area contributed by atoms with Crippen LogP contribution in [0.2, 0.25) is 0 Å². The summed E-state index contributed by atoms with van der Waals surface area (Å²) in [6, 6.07) is 11.7. The Morgan fingerprint density at radius 2 is 1.88 bits per heavy atom. The number of carbonyl (C=O) groups is 1. The molecule has 0 fully saturated rings.